The SMILES string of the molecule is CCOC(=O)c1cccc(Nc2c(C(=O)N3CCCCC3CC)cnc3nc(C)ccc23)c1.Cl. The molecule has 0 radical (unpaired) electrons. The number of ether oxygens (including phenoxy) is 1. The van der Waals surface area contributed by atoms with Crippen molar-refractivity contribution in [3.05, 3.63) is 59.4 Å². The van der Waals surface area contributed by atoms with E-state index in [0.29, 0.717) is 34.8 Å². The van der Waals surface area contributed by atoms with E-state index in [1.165, 1.54) is 0 Å². The molecule has 1 unspecified atom stereocenters. The van der Waals surface area contributed by atoms with Crippen molar-refractivity contribution in [1.82, 2.24) is 14.9 Å². The molecule has 3 heterocycles. The van der Waals surface area contributed by atoms with Gasteiger partial charge in [0.2, 0.25) is 0 Å². The van der Waals surface area contributed by atoms with Crippen molar-refractivity contribution in [1.29, 1.82) is 0 Å². The molecule has 0 saturated carbocycles. The number of halogens is 1. The number of nitrogens with one attached hydrogen (secondary N) is 1. The predicted molar refractivity (Wildman–Crippen MR) is 136 cm³/mol. The van der Waals surface area contributed by atoms with Crippen LogP contribution in [0.25, 0.3) is 11.0 Å². The van der Waals surface area contributed by atoms with Crippen LogP contribution >= 0.6 is 12.4 Å². The minimum absolute atomic E-state index is 0. The monoisotopic (exact) mass is 482 g/mol. The maximum atomic E-state index is 13.7. The molecule has 1 amide bonds. The molecule has 8 heteroatoms. The lowest BCUT2D eigenvalue weighted by Gasteiger charge is -2.35. The van der Waals surface area contributed by atoms with E-state index in [0.717, 1.165) is 43.3 Å². The van der Waals surface area contributed by atoms with Crippen LogP contribution in [0.3, 0.4) is 0 Å². The summed E-state index contributed by atoms with van der Waals surface area (Å²) in [5.41, 5.74) is 3.72. The van der Waals surface area contributed by atoms with Gasteiger partial charge in [0.25, 0.3) is 5.91 Å². The lowest BCUT2D eigenvalue weighted by atomic mass is 9.98. The highest BCUT2D eigenvalue weighted by Gasteiger charge is 2.29. The average Bonchev–Trinajstić information content (AvgIpc) is 2.84. The number of amides is 1. The topological polar surface area (TPSA) is 84.4 Å². The number of esters is 1. The molecule has 7 nitrogen and oxygen atoms in total. The molecule has 1 aromatic carbocycles. The molecule has 0 spiro atoms. The van der Waals surface area contributed by atoms with Gasteiger partial charge in [0.15, 0.2) is 5.65 Å². The van der Waals surface area contributed by atoms with E-state index in [-0.39, 0.29) is 30.3 Å². The molecule has 1 aliphatic rings. The van der Waals surface area contributed by atoms with Gasteiger partial charge in [-0.2, -0.15) is 0 Å². The van der Waals surface area contributed by atoms with Gasteiger partial charge in [0.05, 0.1) is 23.4 Å². The average molecular weight is 483 g/mol. The number of hydrogen-bond donors (Lipinski definition) is 1. The van der Waals surface area contributed by atoms with Crippen LogP contribution in [-0.2, 0) is 4.74 Å². The van der Waals surface area contributed by atoms with Crippen LogP contribution in [0.5, 0.6) is 0 Å². The molecule has 1 aliphatic heterocycles. The van der Waals surface area contributed by atoms with Crippen LogP contribution in [-0.4, -0.2) is 45.9 Å². The van der Waals surface area contributed by atoms with Crippen molar-refractivity contribution in [3.8, 4) is 0 Å². The summed E-state index contributed by atoms with van der Waals surface area (Å²) in [6.45, 7) is 6.88. The standard InChI is InChI=1S/C26H30N4O3.ClH/c1-4-20-11-6-7-14-30(20)25(31)22-16-27-24-21(13-12-17(3)28-24)23(22)29-19-10-8-9-18(15-19)26(32)33-5-2;/h8-10,12-13,15-16,20H,4-7,11,14H2,1-3H3,(H,27,28,29);1H. The molecule has 1 N–H and O–H groups in total. The summed E-state index contributed by atoms with van der Waals surface area (Å²) in [6, 6.07) is 11.2. The van der Waals surface area contributed by atoms with Crippen LogP contribution in [0.15, 0.2) is 42.6 Å². The molecular formula is C26H31ClN4O3. The lowest BCUT2D eigenvalue weighted by molar-refractivity contribution is 0.0525. The number of anilines is 2. The van der Waals surface area contributed by atoms with E-state index in [1.54, 1.807) is 31.3 Å². The number of aromatic nitrogens is 2. The van der Waals surface area contributed by atoms with Gasteiger partial charge in [-0.15, -0.1) is 12.4 Å². The van der Waals surface area contributed by atoms with Crippen molar-refractivity contribution >= 4 is 46.7 Å². The van der Waals surface area contributed by atoms with Crippen LogP contribution in [0.2, 0.25) is 0 Å². The smallest absolute Gasteiger partial charge is 0.338 e. The maximum absolute atomic E-state index is 13.7. The van der Waals surface area contributed by atoms with Gasteiger partial charge in [0.1, 0.15) is 0 Å². The summed E-state index contributed by atoms with van der Waals surface area (Å²) in [7, 11) is 0. The Labute approximate surface area is 206 Å². The highest BCUT2D eigenvalue weighted by atomic mass is 35.5. The number of nitrogens with zero attached hydrogens (tertiary/aromatic N) is 3. The second-order valence-corrected chi connectivity index (χ2v) is 8.35. The molecule has 180 valence electrons. The van der Waals surface area contributed by atoms with Gasteiger partial charge in [-0.1, -0.05) is 13.0 Å². The van der Waals surface area contributed by atoms with Gasteiger partial charge in [-0.25, -0.2) is 14.8 Å². The maximum Gasteiger partial charge on any atom is 0.338 e. The Kier molecular flexibility index (Phi) is 8.45. The third kappa shape index (κ3) is 5.30. The van der Waals surface area contributed by atoms with Crippen LogP contribution in [0, 0.1) is 6.92 Å². The molecule has 1 fully saturated rings. The van der Waals surface area contributed by atoms with Gasteiger partial charge in [0, 0.05) is 35.6 Å². The number of benzene rings is 1. The Balaban J connectivity index is 0.00000324. The molecule has 0 bridgehead atoms. The van der Waals surface area contributed by atoms with Gasteiger partial charge < -0.3 is 15.0 Å². The number of likely N-dealkylation sites (tertiary alicyclic amines) is 1. The molecule has 1 saturated heterocycles. The summed E-state index contributed by atoms with van der Waals surface area (Å²) in [5.74, 6) is -0.408. The Morgan fingerprint density at radius 2 is 2.00 bits per heavy atom. The van der Waals surface area contributed by atoms with Crippen molar-refractivity contribution in [2.45, 2.75) is 52.5 Å². The summed E-state index contributed by atoms with van der Waals surface area (Å²) < 4.78 is 5.13. The van der Waals surface area contributed by atoms with E-state index < -0.39 is 0 Å². The zero-order valence-electron chi connectivity index (χ0n) is 19.8. The third-order valence-corrected chi connectivity index (χ3v) is 6.10. The summed E-state index contributed by atoms with van der Waals surface area (Å²) in [5, 5.41) is 4.15. The molecule has 2 aromatic heterocycles. The first-order chi connectivity index (χ1) is 16.0. The number of fused-ring (bicyclic) bond motifs is 1. The summed E-state index contributed by atoms with van der Waals surface area (Å²) >= 11 is 0. The molecule has 3 aromatic rings. The highest BCUT2D eigenvalue weighted by molar-refractivity contribution is 6.07. The second kappa shape index (κ2) is 11.3. The first-order valence-corrected chi connectivity index (χ1v) is 11.6. The number of piperidine rings is 1. The summed E-state index contributed by atoms with van der Waals surface area (Å²) in [6.07, 6.45) is 5.73. The van der Waals surface area contributed by atoms with Gasteiger partial charge in [-0.3, -0.25) is 4.79 Å². The van der Waals surface area contributed by atoms with E-state index in [2.05, 4.69) is 22.2 Å². The molecule has 34 heavy (non-hydrogen) atoms. The number of pyridine rings is 2. The number of rotatable bonds is 6. The first kappa shape index (κ1) is 25.4. The third-order valence-electron chi connectivity index (χ3n) is 6.10. The van der Waals surface area contributed by atoms with E-state index >= 15 is 0 Å². The number of carbonyl (C=O) groups excluding carboxylic acids is 2. The second-order valence-electron chi connectivity index (χ2n) is 8.35. The van der Waals surface area contributed by atoms with E-state index in [1.807, 2.05) is 30.0 Å². The Morgan fingerprint density at radius 3 is 2.76 bits per heavy atom. The van der Waals surface area contributed by atoms with Crippen LogP contribution in [0.4, 0.5) is 11.4 Å². The zero-order valence-corrected chi connectivity index (χ0v) is 20.7. The highest BCUT2D eigenvalue weighted by Crippen LogP contribution is 2.32. The Hall–Kier alpha value is -3.19. The lowest BCUT2D eigenvalue weighted by Crippen LogP contribution is -2.43. The molecule has 0 aliphatic carbocycles. The molecular weight excluding hydrogens is 452 g/mol. The minimum Gasteiger partial charge on any atom is -0.462 e. The minimum atomic E-state index is -0.381. The van der Waals surface area contributed by atoms with Crippen molar-refractivity contribution in [2.24, 2.45) is 0 Å². The first-order valence-electron chi connectivity index (χ1n) is 11.6. The molecule has 1 atom stereocenters. The van der Waals surface area contributed by atoms with Crippen LogP contribution < -0.4 is 5.32 Å². The van der Waals surface area contributed by atoms with Gasteiger partial charge >= 0.3 is 5.97 Å². The fourth-order valence-corrected chi connectivity index (χ4v) is 4.40. The van der Waals surface area contributed by atoms with E-state index in [4.69, 9.17) is 4.74 Å². The quantitative estimate of drug-likeness (QED) is 0.454. The fourth-order valence-electron chi connectivity index (χ4n) is 4.40. The number of carbonyl (C=O) groups is 2. The van der Waals surface area contributed by atoms with Crippen molar-refractivity contribution < 1.29 is 14.3 Å². The Morgan fingerprint density at radius 1 is 1.18 bits per heavy atom. The Bertz CT molecular complexity index is 1180. The predicted octanol–water partition coefficient (Wildman–Crippen LogP) is 5.69. The largest absolute Gasteiger partial charge is 0.462 e. The number of aryl methyl sites for hydroxylation is 1. The summed E-state index contributed by atoms with van der Waals surface area (Å²) in [4.78, 5) is 37.0. The zero-order chi connectivity index (χ0) is 23.4. The molecule has 4 rings (SSSR count). The van der Waals surface area contributed by atoms with E-state index in [9.17, 15) is 9.59 Å². The number of hydrogen-bond acceptors (Lipinski definition) is 6. The van der Waals surface area contributed by atoms with Gasteiger partial charge in [-0.05, 0) is 69.9 Å². The normalized spacial score (nSPS) is 15.5. The van der Waals surface area contributed by atoms with Crippen molar-refractivity contribution in [3.63, 3.8) is 0 Å². The van der Waals surface area contributed by atoms with Crippen molar-refractivity contribution in [2.75, 3.05) is 18.5 Å². The fraction of sp³-hybridized carbons (Fsp3) is 0.385. The van der Waals surface area contributed by atoms with Crippen LogP contribution in [0.1, 0.15) is 65.9 Å².